The first-order chi connectivity index (χ1) is 9.78. The van der Waals surface area contributed by atoms with Crippen molar-refractivity contribution in [1.82, 2.24) is 9.97 Å². The van der Waals surface area contributed by atoms with E-state index in [1.807, 2.05) is 55.5 Å². The van der Waals surface area contributed by atoms with E-state index in [1.54, 1.807) is 0 Å². The Morgan fingerprint density at radius 2 is 1.75 bits per heavy atom. The second kappa shape index (κ2) is 5.17. The molecule has 0 radical (unpaired) electrons. The third-order valence-electron chi connectivity index (χ3n) is 3.06. The van der Waals surface area contributed by atoms with Crippen LogP contribution in [-0.4, -0.2) is 16.6 Å². The number of fused-ring (bicyclic) bond motifs is 1. The Labute approximate surface area is 117 Å². The van der Waals surface area contributed by atoms with Gasteiger partial charge >= 0.3 is 0 Å². The number of benzene rings is 2. The van der Waals surface area contributed by atoms with Crippen molar-refractivity contribution >= 4 is 16.7 Å². The van der Waals surface area contributed by atoms with E-state index in [2.05, 4.69) is 9.97 Å². The van der Waals surface area contributed by atoms with Gasteiger partial charge in [-0.25, -0.2) is 9.97 Å². The molecule has 20 heavy (non-hydrogen) atoms. The van der Waals surface area contributed by atoms with Crippen LogP contribution < -0.4 is 10.5 Å². The van der Waals surface area contributed by atoms with E-state index in [-0.39, 0.29) is 0 Å². The van der Waals surface area contributed by atoms with E-state index in [9.17, 15) is 0 Å². The van der Waals surface area contributed by atoms with Gasteiger partial charge in [-0.1, -0.05) is 12.1 Å². The second-order valence-corrected chi connectivity index (χ2v) is 4.41. The zero-order valence-corrected chi connectivity index (χ0v) is 11.2. The first kappa shape index (κ1) is 12.4. The Balaban J connectivity index is 2.05. The van der Waals surface area contributed by atoms with Gasteiger partial charge in [-0.3, -0.25) is 0 Å². The van der Waals surface area contributed by atoms with Crippen molar-refractivity contribution in [3.05, 3.63) is 48.5 Å². The number of hydrogen-bond acceptors (Lipinski definition) is 4. The molecule has 0 spiro atoms. The number of aromatic nitrogens is 2. The molecule has 100 valence electrons. The largest absolute Gasteiger partial charge is 0.494 e. The van der Waals surface area contributed by atoms with Crippen LogP contribution in [0.25, 0.3) is 22.3 Å². The molecule has 3 rings (SSSR count). The van der Waals surface area contributed by atoms with E-state index in [0.717, 1.165) is 22.2 Å². The fraction of sp³-hybridized carbons (Fsp3) is 0.125. The lowest BCUT2D eigenvalue weighted by Crippen LogP contribution is -1.98. The number of hydrogen-bond donors (Lipinski definition) is 1. The first-order valence-electron chi connectivity index (χ1n) is 6.53. The molecule has 0 bridgehead atoms. The average Bonchev–Trinajstić information content (AvgIpc) is 2.48. The van der Waals surface area contributed by atoms with Crippen molar-refractivity contribution in [3.8, 4) is 17.1 Å². The van der Waals surface area contributed by atoms with E-state index < -0.39 is 0 Å². The topological polar surface area (TPSA) is 61.0 Å². The molecule has 0 fully saturated rings. The van der Waals surface area contributed by atoms with Crippen molar-refractivity contribution < 1.29 is 4.74 Å². The molecule has 4 heteroatoms. The zero-order chi connectivity index (χ0) is 13.9. The average molecular weight is 265 g/mol. The van der Waals surface area contributed by atoms with Gasteiger partial charge in [0.05, 0.1) is 12.1 Å². The van der Waals surface area contributed by atoms with Crippen molar-refractivity contribution in [3.63, 3.8) is 0 Å². The summed E-state index contributed by atoms with van der Waals surface area (Å²) < 4.78 is 5.43. The number of anilines is 1. The van der Waals surface area contributed by atoms with Gasteiger partial charge in [0, 0.05) is 10.9 Å². The van der Waals surface area contributed by atoms with Crippen LogP contribution in [0.2, 0.25) is 0 Å². The Morgan fingerprint density at radius 1 is 1.00 bits per heavy atom. The highest BCUT2D eigenvalue weighted by atomic mass is 16.5. The molecule has 1 heterocycles. The maximum Gasteiger partial charge on any atom is 0.162 e. The minimum absolute atomic E-state index is 0.500. The minimum atomic E-state index is 0.500. The lowest BCUT2D eigenvalue weighted by molar-refractivity contribution is 0.340. The highest BCUT2D eigenvalue weighted by Crippen LogP contribution is 2.24. The molecule has 0 unspecified atom stereocenters. The van der Waals surface area contributed by atoms with Gasteiger partial charge in [-0.05, 0) is 43.3 Å². The van der Waals surface area contributed by atoms with Crippen LogP contribution in [0.15, 0.2) is 48.5 Å². The Hall–Kier alpha value is -2.62. The molecule has 0 aliphatic heterocycles. The smallest absolute Gasteiger partial charge is 0.162 e. The fourth-order valence-electron chi connectivity index (χ4n) is 2.10. The molecular weight excluding hydrogens is 250 g/mol. The summed E-state index contributed by atoms with van der Waals surface area (Å²) in [6, 6.07) is 15.4. The molecule has 3 aromatic rings. The lowest BCUT2D eigenvalue weighted by Gasteiger charge is -2.07. The number of rotatable bonds is 3. The van der Waals surface area contributed by atoms with Crippen LogP contribution in [-0.2, 0) is 0 Å². The monoisotopic (exact) mass is 265 g/mol. The zero-order valence-electron chi connectivity index (χ0n) is 11.2. The van der Waals surface area contributed by atoms with Crippen LogP contribution >= 0.6 is 0 Å². The number of para-hydroxylation sites is 1. The SMILES string of the molecule is CCOc1ccc(-c2nc(N)c3ccccc3n2)cc1. The van der Waals surface area contributed by atoms with Gasteiger partial charge in [0.1, 0.15) is 11.6 Å². The summed E-state index contributed by atoms with van der Waals surface area (Å²) in [4.78, 5) is 8.92. The maximum absolute atomic E-state index is 6.00. The van der Waals surface area contributed by atoms with E-state index in [0.29, 0.717) is 18.2 Å². The maximum atomic E-state index is 6.00. The number of nitrogens with two attached hydrogens (primary N) is 1. The summed E-state index contributed by atoms with van der Waals surface area (Å²) in [6.07, 6.45) is 0. The van der Waals surface area contributed by atoms with E-state index >= 15 is 0 Å². The molecule has 0 aliphatic rings. The van der Waals surface area contributed by atoms with Crippen molar-refractivity contribution in [2.24, 2.45) is 0 Å². The van der Waals surface area contributed by atoms with Crippen molar-refractivity contribution in [2.75, 3.05) is 12.3 Å². The molecule has 4 nitrogen and oxygen atoms in total. The Bertz CT molecular complexity index is 738. The molecular formula is C16H15N3O. The predicted molar refractivity (Wildman–Crippen MR) is 80.6 cm³/mol. The Kier molecular flexibility index (Phi) is 3.21. The summed E-state index contributed by atoms with van der Waals surface area (Å²) >= 11 is 0. The van der Waals surface area contributed by atoms with Gasteiger partial charge in [-0.15, -0.1) is 0 Å². The third kappa shape index (κ3) is 2.28. The van der Waals surface area contributed by atoms with Gasteiger partial charge in [0.25, 0.3) is 0 Å². The molecule has 0 amide bonds. The van der Waals surface area contributed by atoms with Gasteiger partial charge in [0.15, 0.2) is 5.82 Å². The van der Waals surface area contributed by atoms with Crippen molar-refractivity contribution in [1.29, 1.82) is 0 Å². The van der Waals surface area contributed by atoms with E-state index in [1.165, 1.54) is 0 Å². The lowest BCUT2D eigenvalue weighted by atomic mass is 10.2. The van der Waals surface area contributed by atoms with E-state index in [4.69, 9.17) is 10.5 Å². The van der Waals surface area contributed by atoms with Crippen LogP contribution in [0.5, 0.6) is 5.75 Å². The van der Waals surface area contributed by atoms with Crippen LogP contribution in [0.3, 0.4) is 0 Å². The van der Waals surface area contributed by atoms with Gasteiger partial charge in [0.2, 0.25) is 0 Å². The van der Waals surface area contributed by atoms with Crippen LogP contribution in [0.1, 0.15) is 6.92 Å². The first-order valence-corrected chi connectivity index (χ1v) is 6.53. The quantitative estimate of drug-likeness (QED) is 0.789. The van der Waals surface area contributed by atoms with Crippen LogP contribution in [0, 0.1) is 0 Å². The summed E-state index contributed by atoms with van der Waals surface area (Å²) in [5.74, 6) is 1.97. The molecule has 2 N–H and O–H groups in total. The molecule has 0 saturated carbocycles. The highest BCUT2D eigenvalue weighted by molar-refractivity contribution is 5.89. The van der Waals surface area contributed by atoms with Gasteiger partial charge < -0.3 is 10.5 Å². The number of ether oxygens (including phenoxy) is 1. The summed E-state index contributed by atoms with van der Waals surface area (Å²) in [6.45, 7) is 2.61. The third-order valence-corrected chi connectivity index (χ3v) is 3.06. The summed E-state index contributed by atoms with van der Waals surface area (Å²) in [5.41, 5.74) is 7.77. The minimum Gasteiger partial charge on any atom is -0.494 e. The highest BCUT2D eigenvalue weighted by Gasteiger charge is 2.07. The number of nitrogens with zero attached hydrogens (tertiary/aromatic N) is 2. The standard InChI is InChI=1S/C16H15N3O/c1-2-20-12-9-7-11(8-10-12)16-18-14-6-4-3-5-13(14)15(17)19-16/h3-10H,2H2,1H3,(H2,17,18,19). The molecule has 0 saturated heterocycles. The number of nitrogen functional groups attached to an aromatic ring is 1. The second-order valence-electron chi connectivity index (χ2n) is 4.41. The van der Waals surface area contributed by atoms with Crippen molar-refractivity contribution in [2.45, 2.75) is 6.92 Å². The summed E-state index contributed by atoms with van der Waals surface area (Å²) in [7, 11) is 0. The Morgan fingerprint density at radius 3 is 2.50 bits per heavy atom. The van der Waals surface area contributed by atoms with Crippen LogP contribution in [0.4, 0.5) is 5.82 Å². The normalized spacial score (nSPS) is 10.7. The molecule has 1 aromatic heterocycles. The predicted octanol–water partition coefficient (Wildman–Crippen LogP) is 3.28. The summed E-state index contributed by atoms with van der Waals surface area (Å²) in [5, 5.41) is 0.877. The van der Waals surface area contributed by atoms with Gasteiger partial charge in [-0.2, -0.15) is 0 Å². The molecule has 2 aromatic carbocycles. The molecule has 0 atom stereocenters. The molecule has 0 aliphatic carbocycles. The fourth-order valence-corrected chi connectivity index (χ4v) is 2.10.